The van der Waals surface area contributed by atoms with Crippen molar-refractivity contribution in [3.8, 4) is 5.69 Å². The van der Waals surface area contributed by atoms with Crippen LogP contribution in [0.2, 0.25) is 0 Å². The first-order valence-electron chi connectivity index (χ1n) is 10.1. The molecule has 1 aromatic heterocycles. The summed E-state index contributed by atoms with van der Waals surface area (Å²) in [6.07, 6.45) is 2.24. The number of nitrogens with zero attached hydrogens (tertiary/aromatic N) is 2. The Morgan fingerprint density at radius 2 is 1.52 bits per heavy atom. The first-order valence-corrected chi connectivity index (χ1v) is 10.1. The Morgan fingerprint density at radius 3 is 2.23 bits per heavy atom. The van der Waals surface area contributed by atoms with E-state index in [1.807, 2.05) is 96.6 Å². The van der Waals surface area contributed by atoms with Crippen LogP contribution in [0.4, 0.5) is 0 Å². The van der Waals surface area contributed by atoms with Gasteiger partial charge in [-0.15, -0.1) is 0 Å². The average molecular weight is 410 g/mol. The standard InChI is InChI=1S/C26H22N2O3/c1-3-25(29)31-27-18(2)23-17-28(24-12-8-7-11-22(23)24)21-15-13-20(14-16-21)26(30)19-9-5-4-6-10-19/h4-17H,3H2,1-2H3/b27-18+. The molecule has 1 heterocycles. The summed E-state index contributed by atoms with van der Waals surface area (Å²) in [7, 11) is 0. The zero-order valence-corrected chi connectivity index (χ0v) is 17.4. The van der Waals surface area contributed by atoms with Crippen LogP contribution in [0.3, 0.4) is 0 Å². The molecule has 0 aliphatic carbocycles. The topological polar surface area (TPSA) is 60.7 Å². The maximum Gasteiger partial charge on any atom is 0.334 e. The summed E-state index contributed by atoms with van der Waals surface area (Å²) >= 11 is 0. The maximum atomic E-state index is 12.7. The van der Waals surface area contributed by atoms with E-state index in [1.165, 1.54) is 0 Å². The lowest BCUT2D eigenvalue weighted by Gasteiger charge is -2.07. The lowest BCUT2D eigenvalue weighted by atomic mass is 10.0. The molecule has 0 aliphatic heterocycles. The minimum absolute atomic E-state index is 0.00841. The number of hydrogen-bond donors (Lipinski definition) is 0. The predicted octanol–water partition coefficient (Wildman–Crippen LogP) is 5.54. The Hall–Kier alpha value is -3.99. The van der Waals surface area contributed by atoms with Crippen molar-refractivity contribution in [2.75, 3.05) is 0 Å². The molecule has 0 atom stereocenters. The van der Waals surface area contributed by atoms with Gasteiger partial charge in [0, 0.05) is 40.4 Å². The number of aromatic nitrogens is 1. The third-order valence-electron chi connectivity index (χ3n) is 5.12. The van der Waals surface area contributed by atoms with Gasteiger partial charge in [0.15, 0.2) is 5.78 Å². The summed E-state index contributed by atoms with van der Waals surface area (Å²) in [5, 5.41) is 5.00. The minimum Gasteiger partial charge on any atom is -0.318 e. The SMILES string of the molecule is CCC(=O)O/N=C(\C)c1cn(-c2ccc(C(=O)c3ccccc3)cc2)c2ccccc12. The summed E-state index contributed by atoms with van der Waals surface area (Å²) in [6, 6.07) is 24.7. The van der Waals surface area contributed by atoms with Crippen LogP contribution >= 0.6 is 0 Å². The first kappa shape index (κ1) is 20.3. The van der Waals surface area contributed by atoms with Gasteiger partial charge in [-0.1, -0.05) is 60.6 Å². The molecule has 5 nitrogen and oxygen atoms in total. The molecule has 5 heteroatoms. The van der Waals surface area contributed by atoms with Crippen molar-refractivity contribution in [3.05, 3.63) is 102 Å². The van der Waals surface area contributed by atoms with E-state index in [-0.39, 0.29) is 18.2 Å². The van der Waals surface area contributed by atoms with Gasteiger partial charge in [-0.05, 0) is 37.3 Å². The van der Waals surface area contributed by atoms with E-state index in [0.29, 0.717) is 16.8 Å². The van der Waals surface area contributed by atoms with Crippen LogP contribution in [0, 0.1) is 0 Å². The van der Waals surface area contributed by atoms with Crippen molar-refractivity contribution in [2.45, 2.75) is 20.3 Å². The van der Waals surface area contributed by atoms with Gasteiger partial charge in [-0.25, -0.2) is 4.79 Å². The summed E-state index contributed by atoms with van der Waals surface area (Å²) < 4.78 is 2.04. The normalized spacial score (nSPS) is 11.5. The highest BCUT2D eigenvalue weighted by atomic mass is 16.7. The molecule has 0 radical (unpaired) electrons. The van der Waals surface area contributed by atoms with E-state index < -0.39 is 0 Å². The van der Waals surface area contributed by atoms with E-state index in [2.05, 4.69) is 5.16 Å². The summed E-state index contributed by atoms with van der Waals surface area (Å²) in [5.74, 6) is -0.382. The highest BCUT2D eigenvalue weighted by Gasteiger charge is 2.14. The molecule has 0 N–H and O–H groups in total. The number of carbonyl (C=O) groups is 2. The molecule has 0 saturated carbocycles. The zero-order valence-electron chi connectivity index (χ0n) is 17.4. The maximum absolute atomic E-state index is 12.7. The van der Waals surface area contributed by atoms with E-state index in [1.54, 1.807) is 6.92 Å². The van der Waals surface area contributed by atoms with Crippen LogP contribution in [0.1, 0.15) is 41.8 Å². The lowest BCUT2D eigenvalue weighted by Crippen LogP contribution is -2.02. The molecular weight excluding hydrogens is 388 g/mol. The van der Waals surface area contributed by atoms with Gasteiger partial charge < -0.3 is 9.40 Å². The second-order valence-electron chi connectivity index (χ2n) is 7.17. The van der Waals surface area contributed by atoms with Crippen molar-refractivity contribution in [1.82, 2.24) is 4.57 Å². The van der Waals surface area contributed by atoms with Crippen molar-refractivity contribution in [1.29, 1.82) is 0 Å². The molecule has 0 amide bonds. The van der Waals surface area contributed by atoms with Crippen molar-refractivity contribution in [3.63, 3.8) is 0 Å². The smallest absolute Gasteiger partial charge is 0.318 e. The zero-order chi connectivity index (χ0) is 21.8. The molecule has 154 valence electrons. The number of para-hydroxylation sites is 1. The highest BCUT2D eigenvalue weighted by molar-refractivity contribution is 6.10. The summed E-state index contributed by atoms with van der Waals surface area (Å²) in [5.41, 5.74) is 4.71. The molecule has 3 aromatic carbocycles. The molecular formula is C26H22N2O3. The van der Waals surface area contributed by atoms with Crippen LogP contribution in [0.15, 0.2) is 90.2 Å². The summed E-state index contributed by atoms with van der Waals surface area (Å²) in [6.45, 7) is 3.54. The molecule has 0 spiro atoms. The molecule has 4 rings (SSSR count). The third-order valence-corrected chi connectivity index (χ3v) is 5.12. The molecule has 0 fully saturated rings. The lowest BCUT2D eigenvalue weighted by molar-refractivity contribution is -0.143. The van der Waals surface area contributed by atoms with Gasteiger partial charge in [0.25, 0.3) is 0 Å². The van der Waals surface area contributed by atoms with Gasteiger partial charge in [0.1, 0.15) is 0 Å². The number of hydrogen-bond acceptors (Lipinski definition) is 4. The number of rotatable bonds is 6. The molecule has 0 aliphatic rings. The average Bonchev–Trinajstić information content (AvgIpc) is 3.22. The highest BCUT2D eigenvalue weighted by Crippen LogP contribution is 2.26. The van der Waals surface area contributed by atoms with Gasteiger partial charge >= 0.3 is 5.97 Å². The number of carbonyl (C=O) groups excluding carboxylic acids is 2. The summed E-state index contributed by atoms with van der Waals surface area (Å²) in [4.78, 5) is 29.1. The van der Waals surface area contributed by atoms with Crippen molar-refractivity contribution in [2.24, 2.45) is 5.16 Å². The fourth-order valence-electron chi connectivity index (χ4n) is 3.44. The predicted molar refractivity (Wildman–Crippen MR) is 122 cm³/mol. The molecule has 0 saturated heterocycles. The second kappa shape index (κ2) is 8.79. The van der Waals surface area contributed by atoms with E-state index in [4.69, 9.17) is 4.84 Å². The fraction of sp³-hybridized carbons (Fsp3) is 0.115. The number of benzene rings is 3. The van der Waals surface area contributed by atoms with Gasteiger partial charge in [0.05, 0.1) is 11.2 Å². The van der Waals surface area contributed by atoms with Gasteiger partial charge in [0.2, 0.25) is 0 Å². The van der Waals surface area contributed by atoms with E-state index in [9.17, 15) is 9.59 Å². The third kappa shape index (κ3) is 4.16. The van der Waals surface area contributed by atoms with E-state index in [0.717, 1.165) is 22.2 Å². The van der Waals surface area contributed by atoms with Crippen LogP contribution in [-0.4, -0.2) is 22.0 Å². The fourth-order valence-corrected chi connectivity index (χ4v) is 3.44. The first-order chi connectivity index (χ1) is 15.1. The molecule has 0 bridgehead atoms. The Morgan fingerprint density at radius 1 is 0.871 bits per heavy atom. The Labute approximate surface area is 180 Å². The van der Waals surface area contributed by atoms with Gasteiger partial charge in [-0.2, -0.15) is 0 Å². The molecule has 4 aromatic rings. The number of oxime groups is 1. The second-order valence-corrected chi connectivity index (χ2v) is 7.17. The molecule has 31 heavy (non-hydrogen) atoms. The Bertz CT molecular complexity index is 1270. The van der Waals surface area contributed by atoms with Crippen molar-refractivity contribution >= 4 is 28.4 Å². The number of fused-ring (bicyclic) bond motifs is 1. The van der Waals surface area contributed by atoms with Gasteiger partial charge in [-0.3, -0.25) is 4.79 Å². The largest absolute Gasteiger partial charge is 0.334 e. The van der Waals surface area contributed by atoms with E-state index >= 15 is 0 Å². The quantitative estimate of drug-likeness (QED) is 0.181. The minimum atomic E-state index is -0.373. The number of ketones is 1. The van der Waals surface area contributed by atoms with Crippen LogP contribution in [0.5, 0.6) is 0 Å². The van der Waals surface area contributed by atoms with Crippen LogP contribution < -0.4 is 0 Å². The Kier molecular flexibility index (Phi) is 5.76. The monoisotopic (exact) mass is 410 g/mol. The van der Waals surface area contributed by atoms with Crippen molar-refractivity contribution < 1.29 is 14.4 Å². The molecule has 0 unspecified atom stereocenters. The Balaban J connectivity index is 1.70. The van der Waals surface area contributed by atoms with Crippen LogP contribution in [0.25, 0.3) is 16.6 Å². The van der Waals surface area contributed by atoms with Crippen LogP contribution in [-0.2, 0) is 9.63 Å².